The predicted molar refractivity (Wildman–Crippen MR) is 50.4 cm³/mol. The van der Waals surface area contributed by atoms with E-state index in [1.807, 2.05) is 0 Å². The first-order chi connectivity index (χ1) is 6.90. The van der Waals surface area contributed by atoms with E-state index in [1.165, 1.54) is 0 Å². The van der Waals surface area contributed by atoms with Crippen LogP contribution in [0.3, 0.4) is 0 Å². The van der Waals surface area contributed by atoms with Crippen LogP contribution in [0, 0.1) is 11.8 Å². The van der Waals surface area contributed by atoms with E-state index in [2.05, 4.69) is 5.32 Å². The fourth-order valence-corrected chi connectivity index (χ4v) is 1.62. The van der Waals surface area contributed by atoms with E-state index in [9.17, 15) is 18.0 Å². The van der Waals surface area contributed by atoms with Crippen LogP contribution >= 0.6 is 0 Å². The van der Waals surface area contributed by atoms with Gasteiger partial charge in [0.2, 0.25) is 0 Å². The summed E-state index contributed by atoms with van der Waals surface area (Å²) < 4.78 is 35.5. The maximum Gasteiger partial charge on any atom is 0.389 e. The van der Waals surface area contributed by atoms with Gasteiger partial charge in [-0.3, -0.25) is 4.79 Å². The topological polar surface area (TPSA) is 29.1 Å². The number of hydrogen-bond donors (Lipinski definition) is 1. The zero-order valence-electron chi connectivity index (χ0n) is 8.73. The van der Waals surface area contributed by atoms with Gasteiger partial charge in [0.25, 0.3) is 0 Å². The quantitative estimate of drug-likeness (QED) is 0.773. The number of Topliss-reactive ketones (excluding diaryl/α,β-unsaturated/α-hetero) is 1. The molecule has 0 aromatic heterocycles. The predicted octanol–water partition coefficient (Wildman–Crippen LogP) is 2.14. The van der Waals surface area contributed by atoms with Gasteiger partial charge in [-0.15, -0.1) is 0 Å². The minimum Gasteiger partial charge on any atom is -0.316 e. The number of hydrogen-bond acceptors (Lipinski definition) is 2. The van der Waals surface area contributed by atoms with E-state index >= 15 is 0 Å². The zero-order chi connectivity index (χ0) is 11.5. The minimum atomic E-state index is -4.14. The summed E-state index contributed by atoms with van der Waals surface area (Å²) in [5, 5.41) is 3.05. The molecule has 0 aliphatic carbocycles. The van der Waals surface area contributed by atoms with Gasteiger partial charge < -0.3 is 5.32 Å². The Balaban J connectivity index is 2.17. The second-order valence-electron chi connectivity index (χ2n) is 4.14. The van der Waals surface area contributed by atoms with Gasteiger partial charge in [0, 0.05) is 18.8 Å². The van der Waals surface area contributed by atoms with Gasteiger partial charge in [-0.25, -0.2) is 0 Å². The Labute approximate surface area is 87.2 Å². The van der Waals surface area contributed by atoms with Crippen LogP contribution in [0.25, 0.3) is 0 Å². The number of alkyl halides is 3. The first kappa shape index (κ1) is 12.5. The molecule has 1 N–H and O–H groups in total. The lowest BCUT2D eigenvalue weighted by atomic mass is 9.84. The molecule has 0 aromatic rings. The van der Waals surface area contributed by atoms with Crippen molar-refractivity contribution >= 4 is 5.78 Å². The van der Waals surface area contributed by atoms with Crippen LogP contribution in [0.15, 0.2) is 0 Å². The molecule has 0 saturated carbocycles. The average Bonchev–Trinajstić information content (AvgIpc) is 1.98. The van der Waals surface area contributed by atoms with E-state index < -0.39 is 12.6 Å². The summed E-state index contributed by atoms with van der Waals surface area (Å²) in [4.78, 5) is 11.5. The van der Waals surface area contributed by atoms with Gasteiger partial charge in [-0.1, -0.05) is 6.92 Å². The molecule has 1 fully saturated rings. The Bertz CT molecular complexity index is 223. The van der Waals surface area contributed by atoms with Crippen molar-refractivity contribution in [1.29, 1.82) is 0 Å². The lowest BCUT2D eigenvalue weighted by molar-refractivity contribution is -0.138. The van der Waals surface area contributed by atoms with Crippen LogP contribution in [-0.4, -0.2) is 25.0 Å². The molecule has 0 radical (unpaired) electrons. The van der Waals surface area contributed by atoms with Crippen molar-refractivity contribution in [3.63, 3.8) is 0 Å². The van der Waals surface area contributed by atoms with E-state index in [0.717, 1.165) is 13.1 Å². The monoisotopic (exact) mass is 223 g/mol. The number of rotatable bonds is 5. The second-order valence-corrected chi connectivity index (χ2v) is 4.14. The van der Waals surface area contributed by atoms with Gasteiger partial charge in [-0.05, 0) is 25.4 Å². The minimum absolute atomic E-state index is 0.0363. The Hall–Kier alpha value is -0.580. The molecule has 1 unspecified atom stereocenters. The Morgan fingerprint density at radius 3 is 2.47 bits per heavy atom. The van der Waals surface area contributed by atoms with Crippen molar-refractivity contribution in [1.82, 2.24) is 5.32 Å². The van der Waals surface area contributed by atoms with Crippen molar-refractivity contribution in [3.8, 4) is 0 Å². The molecule has 1 aliphatic heterocycles. The third kappa shape index (κ3) is 4.20. The number of carbonyl (C=O) groups is 1. The summed E-state index contributed by atoms with van der Waals surface area (Å²) in [6.45, 7) is 3.43. The first-order valence-electron chi connectivity index (χ1n) is 5.20. The van der Waals surface area contributed by atoms with Crippen LogP contribution in [0.5, 0.6) is 0 Å². The lowest BCUT2D eigenvalue weighted by Crippen LogP contribution is -2.47. The number of ketones is 1. The molecule has 0 aromatic carbocycles. The van der Waals surface area contributed by atoms with Crippen molar-refractivity contribution in [2.45, 2.75) is 32.4 Å². The van der Waals surface area contributed by atoms with E-state index in [4.69, 9.17) is 0 Å². The van der Waals surface area contributed by atoms with Crippen molar-refractivity contribution < 1.29 is 18.0 Å². The fraction of sp³-hybridized carbons (Fsp3) is 0.900. The van der Waals surface area contributed by atoms with E-state index in [0.29, 0.717) is 5.92 Å². The molecule has 0 spiro atoms. The molecule has 0 amide bonds. The highest BCUT2D eigenvalue weighted by Crippen LogP contribution is 2.24. The van der Waals surface area contributed by atoms with Crippen LogP contribution in [0.1, 0.15) is 26.2 Å². The molecule has 0 bridgehead atoms. The average molecular weight is 223 g/mol. The third-order valence-corrected chi connectivity index (χ3v) is 2.91. The standard InChI is InChI=1S/C10H16F3NO/c1-7(8-5-14-6-8)9(15)3-2-4-10(11,12)13/h7-8,14H,2-6H2,1H3. The molecule has 1 saturated heterocycles. The molecule has 5 heteroatoms. The third-order valence-electron chi connectivity index (χ3n) is 2.91. The molecule has 1 atom stereocenters. The van der Waals surface area contributed by atoms with Crippen LogP contribution in [-0.2, 0) is 4.79 Å². The second kappa shape index (κ2) is 4.96. The molecule has 15 heavy (non-hydrogen) atoms. The zero-order valence-corrected chi connectivity index (χ0v) is 8.73. The van der Waals surface area contributed by atoms with Gasteiger partial charge in [0.1, 0.15) is 5.78 Å². The molecule has 2 nitrogen and oxygen atoms in total. The largest absolute Gasteiger partial charge is 0.389 e. The highest BCUT2D eigenvalue weighted by atomic mass is 19.4. The summed E-state index contributed by atoms with van der Waals surface area (Å²) in [6.07, 6.45) is -5.01. The molecular weight excluding hydrogens is 207 g/mol. The van der Waals surface area contributed by atoms with E-state index in [1.54, 1.807) is 6.92 Å². The Morgan fingerprint density at radius 1 is 1.47 bits per heavy atom. The molecular formula is C10H16F3NO. The first-order valence-corrected chi connectivity index (χ1v) is 5.20. The summed E-state index contributed by atoms with van der Waals surface area (Å²) in [5.74, 6) is 0.189. The van der Waals surface area contributed by atoms with Gasteiger partial charge in [-0.2, -0.15) is 13.2 Å². The van der Waals surface area contributed by atoms with Gasteiger partial charge in [0.05, 0.1) is 0 Å². The van der Waals surface area contributed by atoms with Crippen LogP contribution < -0.4 is 5.32 Å². The maximum absolute atomic E-state index is 11.8. The SMILES string of the molecule is CC(C(=O)CCCC(F)(F)F)C1CNC1. The lowest BCUT2D eigenvalue weighted by Gasteiger charge is -2.31. The fourth-order valence-electron chi connectivity index (χ4n) is 1.62. The van der Waals surface area contributed by atoms with Crippen molar-refractivity contribution in [2.24, 2.45) is 11.8 Å². The van der Waals surface area contributed by atoms with Crippen molar-refractivity contribution in [2.75, 3.05) is 13.1 Å². The maximum atomic E-state index is 11.8. The van der Waals surface area contributed by atoms with Crippen LogP contribution in [0.4, 0.5) is 13.2 Å². The summed E-state index contributed by atoms with van der Waals surface area (Å²) in [7, 11) is 0. The molecule has 1 heterocycles. The molecule has 1 rings (SSSR count). The van der Waals surface area contributed by atoms with Crippen LogP contribution in [0.2, 0.25) is 0 Å². The Morgan fingerprint density at radius 2 is 2.07 bits per heavy atom. The summed E-state index contributed by atoms with van der Waals surface area (Å²) in [6, 6.07) is 0. The molecule has 1 aliphatic rings. The highest BCUT2D eigenvalue weighted by Gasteiger charge is 2.30. The van der Waals surface area contributed by atoms with Crippen molar-refractivity contribution in [3.05, 3.63) is 0 Å². The highest BCUT2D eigenvalue weighted by molar-refractivity contribution is 5.81. The normalized spacial score (nSPS) is 19.7. The Kier molecular flexibility index (Phi) is 4.13. The van der Waals surface area contributed by atoms with Gasteiger partial charge >= 0.3 is 6.18 Å². The summed E-state index contributed by atoms with van der Waals surface area (Å²) >= 11 is 0. The smallest absolute Gasteiger partial charge is 0.316 e. The number of carbonyl (C=O) groups excluding carboxylic acids is 1. The summed E-state index contributed by atoms with van der Waals surface area (Å²) in [5.41, 5.74) is 0. The number of nitrogens with one attached hydrogen (secondary N) is 1. The van der Waals surface area contributed by atoms with E-state index in [-0.39, 0.29) is 24.5 Å². The van der Waals surface area contributed by atoms with Gasteiger partial charge in [0.15, 0.2) is 0 Å². The number of halogens is 3. The molecule has 88 valence electrons.